The second-order valence-corrected chi connectivity index (χ2v) is 2.48. The van der Waals surface area contributed by atoms with Gasteiger partial charge in [0, 0.05) is 0 Å². The molecule has 0 aliphatic heterocycles. The monoisotopic (exact) mass is 362 g/mol. The molecule has 0 spiro atoms. The first kappa shape index (κ1) is 25.9. The fraction of sp³-hybridized carbons (Fsp3) is 0.500. The van der Waals surface area contributed by atoms with Gasteiger partial charge in [0.2, 0.25) is 0 Å². The van der Waals surface area contributed by atoms with Gasteiger partial charge in [0.1, 0.15) is 0 Å². The van der Waals surface area contributed by atoms with Crippen molar-refractivity contribution < 1.29 is 96.8 Å². The molecular weight excluding hydrogens is 349 g/mol. The summed E-state index contributed by atoms with van der Waals surface area (Å²) in [6.45, 7) is 0. The molecule has 0 saturated heterocycles. The maximum atomic E-state index is 10.3. The first-order valence-electron chi connectivity index (χ1n) is 3.17. The molecule has 0 aliphatic rings. The summed E-state index contributed by atoms with van der Waals surface area (Å²) >= 11 is 0. The summed E-state index contributed by atoms with van der Waals surface area (Å²) in [6, 6.07) is 0. The number of carbonyl (C=O) groups is 3. The molecule has 0 unspecified atom stereocenters. The Kier molecular flexibility index (Phi) is 18.2. The zero-order valence-corrected chi connectivity index (χ0v) is 17.2. The van der Waals surface area contributed by atoms with Gasteiger partial charge in [-0.15, -0.1) is 0 Å². The molecule has 0 bridgehead atoms. The number of aliphatic hydroxyl groups is 1. The number of carboxylic acids is 3. The van der Waals surface area contributed by atoms with Crippen molar-refractivity contribution in [2.75, 3.05) is 0 Å². The number of aliphatic carboxylic acids is 3. The van der Waals surface area contributed by atoms with Crippen molar-refractivity contribution in [1.82, 2.24) is 0 Å². The molecule has 10 heteroatoms. The summed E-state index contributed by atoms with van der Waals surface area (Å²) in [4.78, 5) is 30.5. The Labute approximate surface area is 155 Å². The van der Waals surface area contributed by atoms with Gasteiger partial charge in [-0.3, -0.25) is 9.59 Å². The average molecular weight is 361 g/mol. The predicted octanol–water partition coefficient (Wildman–Crippen LogP) is -7.93. The molecule has 0 saturated carbocycles. The Morgan fingerprint density at radius 3 is 1.31 bits per heavy atom. The van der Waals surface area contributed by atoms with E-state index in [0.29, 0.717) is 0 Å². The van der Waals surface area contributed by atoms with Crippen molar-refractivity contribution in [3.63, 3.8) is 0 Å². The second kappa shape index (κ2) is 11.3. The van der Waals surface area contributed by atoms with Gasteiger partial charge in [-0.05, 0) is 0 Å². The van der Waals surface area contributed by atoms with Crippen molar-refractivity contribution in [1.29, 1.82) is 0 Å². The second-order valence-electron chi connectivity index (χ2n) is 2.48. The van der Waals surface area contributed by atoms with E-state index in [1.807, 2.05) is 0 Å². The Bertz CT molecular complexity index is 250. The van der Waals surface area contributed by atoms with Crippen molar-refractivity contribution in [3.8, 4) is 0 Å². The molecule has 7 nitrogen and oxygen atoms in total. The standard InChI is InChI=1S/C6H8O7.2Na.Sn.4H/c7-3(8)1-6(13,5(11)12)2-4(9)10;;;;;;;/h13H,1-2H2,(H,7,8)(H,9,10)(H,11,12);;;;;;;/q;2*+1;;;;2*-1. The Hall–Kier alpha value is 1.17. The van der Waals surface area contributed by atoms with Crippen molar-refractivity contribution in [3.05, 3.63) is 0 Å². The van der Waals surface area contributed by atoms with E-state index in [-0.39, 0.29) is 85.9 Å². The van der Waals surface area contributed by atoms with E-state index in [1.165, 1.54) is 0 Å². The summed E-state index contributed by atoms with van der Waals surface area (Å²) in [5, 5.41) is 33.8. The predicted molar refractivity (Wildman–Crippen MR) is 47.9 cm³/mol. The topological polar surface area (TPSA) is 132 Å². The van der Waals surface area contributed by atoms with Gasteiger partial charge in [0.15, 0.2) is 5.60 Å². The summed E-state index contributed by atoms with van der Waals surface area (Å²) in [6.07, 6.45) is -2.29. The van der Waals surface area contributed by atoms with Gasteiger partial charge in [-0.2, -0.15) is 0 Å². The van der Waals surface area contributed by atoms with Crippen LogP contribution >= 0.6 is 0 Å². The quantitative estimate of drug-likeness (QED) is 0.358. The van der Waals surface area contributed by atoms with E-state index in [2.05, 4.69) is 0 Å². The summed E-state index contributed by atoms with van der Waals surface area (Å²) in [5.74, 6) is -5.02. The van der Waals surface area contributed by atoms with E-state index in [0.717, 1.165) is 0 Å². The molecule has 0 aromatic carbocycles. The third-order valence-electron chi connectivity index (χ3n) is 1.29. The van der Waals surface area contributed by atoms with Gasteiger partial charge >= 0.3 is 101 Å². The van der Waals surface area contributed by atoms with Crippen LogP contribution in [0.4, 0.5) is 0 Å². The third-order valence-corrected chi connectivity index (χ3v) is 1.29. The molecule has 4 N–H and O–H groups in total. The minimum atomic E-state index is -2.74. The molecule has 0 rings (SSSR count). The van der Waals surface area contributed by atoms with Crippen LogP contribution in [0.25, 0.3) is 0 Å². The van der Waals surface area contributed by atoms with Crippen LogP contribution < -0.4 is 59.1 Å². The van der Waals surface area contributed by atoms with Crippen LogP contribution in [-0.2, 0) is 14.4 Å². The van der Waals surface area contributed by atoms with Crippen molar-refractivity contribution in [2.24, 2.45) is 0 Å². The molecule has 16 heavy (non-hydrogen) atoms. The van der Waals surface area contributed by atoms with Crippen LogP contribution in [0.2, 0.25) is 0 Å². The van der Waals surface area contributed by atoms with E-state index in [4.69, 9.17) is 20.4 Å². The molecule has 2 radical (unpaired) electrons. The molecule has 0 aromatic rings. The molecule has 0 fully saturated rings. The maximum absolute atomic E-state index is 10.3. The van der Waals surface area contributed by atoms with Crippen LogP contribution in [0.5, 0.6) is 0 Å². The molecule has 0 amide bonds. The summed E-state index contributed by atoms with van der Waals surface area (Å²) < 4.78 is 0. The minimum absolute atomic E-state index is 0. The fourth-order valence-electron chi connectivity index (χ4n) is 0.714. The van der Waals surface area contributed by atoms with E-state index in [9.17, 15) is 14.4 Å². The molecule has 0 atom stereocenters. The zero-order chi connectivity index (χ0) is 10.6. The number of hydrogen-bond donors (Lipinski definition) is 4. The Balaban J connectivity index is -0.0000000720. The Morgan fingerprint density at radius 1 is 0.938 bits per heavy atom. The molecular formula is C6H12Na2O7Sn. The molecule has 0 heterocycles. The SMILES string of the molecule is O=C(O)CC(O)(CC(=O)O)C(=O)O.[H-].[H-].[Na+].[Na+].[SnH2]. The number of hydrogen-bond acceptors (Lipinski definition) is 4. The summed E-state index contributed by atoms with van der Waals surface area (Å²) in [5.41, 5.74) is -2.74. The molecule has 84 valence electrons. The average Bonchev–Trinajstić information content (AvgIpc) is 1.82. The van der Waals surface area contributed by atoms with Crippen LogP contribution in [0.1, 0.15) is 15.7 Å². The third kappa shape index (κ3) is 10.3. The van der Waals surface area contributed by atoms with Gasteiger partial charge < -0.3 is 23.3 Å². The van der Waals surface area contributed by atoms with Crippen molar-refractivity contribution >= 4 is 41.8 Å². The van der Waals surface area contributed by atoms with E-state index in [1.54, 1.807) is 0 Å². The van der Waals surface area contributed by atoms with Gasteiger partial charge in [-0.1, -0.05) is 0 Å². The van der Waals surface area contributed by atoms with Crippen LogP contribution in [0.15, 0.2) is 0 Å². The van der Waals surface area contributed by atoms with Crippen LogP contribution in [0.3, 0.4) is 0 Å². The van der Waals surface area contributed by atoms with Gasteiger partial charge in [-0.25, -0.2) is 4.79 Å². The van der Waals surface area contributed by atoms with Crippen molar-refractivity contribution in [2.45, 2.75) is 18.4 Å². The molecule has 0 aromatic heterocycles. The van der Waals surface area contributed by atoms with Crippen LogP contribution in [0, 0.1) is 0 Å². The fourth-order valence-corrected chi connectivity index (χ4v) is 0.714. The van der Waals surface area contributed by atoms with Gasteiger partial charge in [0.05, 0.1) is 12.8 Å². The Morgan fingerprint density at radius 2 is 1.19 bits per heavy atom. The first-order chi connectivity index (χ1) is 5.78. The normalized spacial score (nSPS) is 8.81. The van der Waals surface area contributed by atoms with E-state index < -0.39 is 36.4 Å². The number of rotatable bonds is 5. The number of carboxylic acid groups (broad SMARTS) is 3. The molecule has 0 aliphatic carbocycles. The van der Waals surface area contributed by atoms with Crippen LogP contribution in [-0.4, -0.2) is 67.8 Å². The summed E-state index contributed by atoms with van der Waals surface area (Å²) in [7, 11) is 0. The van der Waals surface area contributed by atoms with E-state index >= 15 is 0 Å². The van der Waals surface area contributed by atoms with Gasteiger partial charge in [0.25, 0.3) is 0 Å². The first-order valence-corrected chi connectivity index (χ1v) is 3.17. The zero-order valence-electron chi connectivity index (χ0n) is 11.1.